The van der Waals surface area contributed by atoms with Crippen LogP contribution in [0.25, 0.3) is 0 Å². The van der Waals surface area contributed by atoms with E-state index in [2.05, 4.69) is 44.3 Å². The van der Waals surface area contributed by atoms with Gasteiger partial charge in [0.15, 0.2) is 0 Å². The third-order valence-corrected chi connectivity index (χ3v) is 4.47. The van der Waals surface area contributed by atoms with Crippen molar-refractivity contribution in [3.63, 3.8) is 0 Å². The van der Waals surface area contributed by atoms with Crippen LogP contribution < -0.4 is 5.32 Å². The molecule has 1 aliphatic heterocycles. The summed E-state index contributed by atoms with van der Waals surface area (Å²) in [6.07, 6.45) is 7.80. The largest absolute Gasteiger partial charge is 0.378 e. The molecule has 1 aromatic heterocycles. The van der Waals surface area contributed by atoms with E-state index in [1.165, 1.54) is 5.56 Å². The summed E-state index contributed by atoms with van der Waals surface area (Å²) in [5.74, 6) is 0. The summed E-state index contributed by atoms with van der Waals surface area (Å²) in [4.78, 5) is 0. The Morgan fingerprint density at radius 1 is 1.50 bits per heavy atom. The van der Waals surface area contributed by atoms with E-state index in [9.17, 15) is 0 Å². The van der Waals surface area contributed by atoms with E-state index in [0.717, 1.165) is 32.4 Å². The molecular formula is C16H29N3O. The SMILES string of the molecule is CC1OCCC1(CCc1cnn(C)c1)CNC(C)(C)C. The molecule has 0 spiro atoms. The number of rotatable bonds is 5. The summed E-state index contributed by atoms with van der Waals surface area (Å²) in [6, 6.07) is 0. The summed E-state index contributed by atoms with van der Waals surface area (Å²) >= 11 is 0. The van der Waals surface area contributed by atoms with Crippen molar-refractivity contribution in [3.05, 3.63) is 18.0 Å². The maximum atomic E-state index is 5.87. The highest BCUT2D eigenvalue weighted by Gasteiger charge is 2.41. The second-order valence-corrected chi connectivity index (χ2v) is 7.25. The van der Waals surface area contributed by atoms with Crippen molar-refractivity contribution >= 4 is 0 Å². The first kappa shape index (κ1) is 15.5. The van der Waals surface area contributed by atoms with E-state index < -0.39 is 0 Å². The van der Waals surface area contributed by atoms with Crippen LogP contribution in [0.5, 0.6) is 0 Å². The molecule has 2 unspecified atom stereocenters. The molecule has 2 rings (SSSR count). The molecule has 1 aromatic rings. The number of aromatic nitrogens is 2. The summed E-state index contributed by atoms with van der Waals surface area (Å²) in [7, 11) is 1.97. The Hall–Kier alpha value is -0.870. The maximum absolute atomic E-state index is 5.87. The van der Waals surface area contributed by atoms with Crippen molar-refractivity contribution in [2.24, 2.45) is 12.5 Å². The molecule has 0 saturated carbocycles. The van der Waals surface area contributed by atoms with Crippen LogP contribution in [-0.4, -0.2) is 34.6 Å². The van der Waals surface area contributed by atoms with Gasteiger partial charge in [-0.15, -0.1) is 0 Å². The first-order valence-electron chi connectivity index (χ1n) is 7.65. The van der Waals surface area contributed by atoms with Gasteiger partial charge in [-0.05, 0) is 52.5 Å². The molecule has 0 aliphatic carbocycles. The number of nitrogens with one attached hydrogen (secondary N) is 1. The molecule has 1 saturated heterocycles. The van der Waals surface area contributed by atoms with Crippen molar-refractivity contribution < 1.29 is 4.74 Å². The summed E-state index contributed by atoms with van der Waals surface area (Å²) in [5.41, 5.74) is 1.73. The normalized spacial score (nSPS) is 27.1. The van der Waals surface area contributed by atoms with Gasteiger partial charge >= 0.3 is 0 Å². The van der Waals surface area contributed by atoms with Gasteiger partial charge in [-0.1, -0.05) is 0 Å². The molecule has 0 aromatic carbocycles. The molecule has 1 aliphatic rings. The Morgan fingerprint density at radius 2 is 2.25 bits per heavy atom. The van der Waals surface area contributed by atoms with Gasteiger partial charge in [-0.3, -0.25) is 4.68 Å². The predicted octanol–water partition coefficient (Wildman–Crippen LogP) is 2.54. The lowest BCUT2D eigenvalue weighted by molar-refractivity contribution is 0.0553. The van der Waals surface area contributed by atoms with E-state index >= 15 is 0 Å². The van der Waals surface area contributed by atoms with Gasteiger partial charge in [0.25, 0.3) is 0 Å². The third-order valence-electron chi connectivity index (χ3n) is 4.47. The Balaban J connectivity index is 2.00. The minimum Gasteiger partial charge on any atom is -0.378 e. The fourth-order valence-electron chi connectivity index (χ4n) is 2.90. The second-order valence-electron chi connectivity index (χ2n) is 7.25. The van der Waals surface area contributed by atoms with Gasteiger partial charge in [0, 0.05) is 37.4 Å². The van der Waals surface area contributed by atoms with Crippen molar-refractivity contribution in [1.82, 2.24) is 15.1 Å². The van der Waals surface area contributed by atoms with Crippen LogP contribution in [0, 0.1) is 5.41 Å². The minimum absolute atomic E-state index is 0.156. The fraction of sp³-hybridized carbons (Fsp3) is 0.812. The molecule has 4 nitrogen and oxygen atoms in total. The number of ether oxygens (including phenoxy) is 1. The van der Waals surface area contributed by atoms with Crippen molar-refractivity contribution in [2.45, 2.75) is 58.6 Å². The maximum Gasteiger partial charge on any atom is 0.0616 e. The lowest BCUT2D eigenvalue weighted by Gasteiger charge is -2.36. The molecule has 1 fully saturated rings. The molecule has 0 bridgehead atoms. The number of hydrogen-bond donors (Lipinski definition) is 1. The van der Waals surface area contributed by atoms with Gasteiger partial charge in [-0.25, -0.2) is 0 Å². The Kier molecular flexibility index (Phi) is 4.55. The average Bonchev–Trinajstić information content (AvgIpc) is 2.91. The number of nitrogens with zero attached hydrogens (tertiary/aromatic N) is 2. The monoisotopic (exact) mass is 279 g/mol. The third kappa shape index (κ3) is 3.83. The molecule has 4 heteroatoms. The van der Waals surface area contributed by atoms with Gasteiger partial charge in [0.2, 0.25) is 0 Å². The smallest absolute Gasteiger partial charge is 0.0616 e. The average molecular weight is 279 g/mol. The van der Waals surface area contributed by atoms with Gasteiger partial charge in [0.1, 0.15) is 0 Å². The van der Waals surface area contributed by atoms with Crippen LogP contribution in [0.3, 0.4) is 0 Å². The van der Waals surface area contributed by atoms with Gasteiger partial charge < -0.3 is 10.1 Å². The van der Waals surface area contributed by atoms with E-state index in [4.69, 9.17) is 4.74 Å². The number of aryl methyl sites for hydroxylation is 2. The quantitative estimate of drug-likeness (QED) is 0.900. The van der Waals surface area contributed by atoms with Crippen LogP contribution in [0.2, 0.25) is 0 Å². The highest BCUT2D eigenvalue weighted by molar-refractivity contribution is 5.06. The Labute approximate surface area is 122 Å². The molecule has 2 heterocycles. The van der Waals surface area contributed by atoms with Crippen LogP contribution in [0.15, 0.2) is 12.4 Å². The molecule has 1 N–H and O–H groups in total. The predicted molar refractivity (Wildman–Crippen MR) is 81.7 cm³/mol. The molecule has 2 atom stereocenters. The lowest BCUT2D eigenvalue weighted by Crippen LogP contribution is -2.46. The summed E-state index contributed by atoms with van der Waals surface area (Å²) in [6.45, 7) is 10.8. The highest BCUT2D eigenvalue weighted by atomic mass is 16.5. The first-order chi connectivity index (χ1) is 9.31. The lowest BCUT2D eigenvalue weighted by atomic mass is 9.76. The summed E-state index contributed by atoms with van der Waals surface area (Å²) in [5, 5.41) is 7.93. The molecule has 0 radical (unpaired) electrons. The topological polar surface area (TPSA) is 39.1 Å². The van der Waals surface area contributed by atoms with Gasteiger partial charge in [-0.2, -0.15) is 5.10 Å². The molecule has 0 amide bonds. The van der Waals surface area contributed by atoms with E-state index in [-0.39, 0.29) is 11.0 Å². The Morgan fingerprint density at radius 3 is 2.75 bits per heavy atom. The zero-order valence-corrected chi connectivity index (χ0v) is 13.6. The van der Waals surface area contributed by atoms with Crippen LogP contribution in [0.1, 0.15) is 46.1 Å². The van der Waals surface area contributed by atoms with E-state index in [0.29, 0.717) is 6.10 Å². The first-order valence-corrected chi connectivity index (χ1v) is 7.65. The molecular weight excluding hydrogens is 250 g/mol. The molecule has 114 valence electrons. The Bertz CT molecular complexity index is 435. The highest BCUT2D eigenvalue weighted by Crippen LogP contribution is 2.39. The van der Waals surface area contributed by atoms with Crippen molar-refractivity contribution in [2.75, 3.05) is 13.2 Å². The van der Waals surface area contributed by atoms with Crippen molar-refractivity contribution in [1.29, 1.82) is 0 Å². The second kappa shape index (κ2) is 5.86. The van der Waals surface area contributed by atoms with E-state index in [1.54, 1.807) is 0 Å². The zero-order valence-electron chi connectivity index (χ0n) is 13.6. The van der Waals surface area contributed by atoms with Crippen LogP contribution >= 0.6 is 0 Å². The summed E-state index contributed by atoms with van der Waals surface area (Å²) < 4.78 is 7.75. The van der Waals surface area contributed by atoms with Crippen LogP contribution in [0.4, 0.5) is 0 Å². The minimum atomic E-state index is 0.156. The van der Waals surface area contributed by atoms with Crippen LogP contribution in [-0.2, 0) is 18.2 Å². The zero-order chi connectivity index (χ0) is 14.8. The van der Waals surface area contributed by atoms with Gasteiger partial charge in [0.05, 0.1) is 12.3 Å². The number of hydrogen-bond acceptors (Lipinski definition) is 3. The fourth-order valence-corrected chi connectivity index (χ4v) is 2.90. The molecule has 20 heavy (non-hydrogen) atoms. The standard InChI is InChI=1S/C16H29N3O/c1-13-16(8-9-20-13,12-17-15(2,3)4)7-6-14-10-18-19(5)11-14/h10-11,13,17H,6-9,12H2,1-5H3. The van der Waals surface area contributed by atoms with E-state index in [1.807, 2.05) is 17.9 Å². The van der Waals surface area contributed by atoms with Crippen molar-refractivity contribution in [3.8, 4) is 0 Å².